The lowest BCUT2D eigenvalue weighted by Gasteiger charge is -2.22. The molecule has 1 saturated carbocycles. The first-order chi connectivity index (χ1) is 8.54. The van der Waals surface area contributed by atoms with Crippen molar-refractivity contribution >= 4 is 12.0 Å². The average Bonchev–Trinajstić information content (AvgIpc) is 3.12. The van der Waals surface area contributed by atoms with Gasteiger partial charge in [-0.1, -0.05) is 13.8 Å². The molecule has 0 saturated heterocycles. The van der Waals surface area contributed by atoms with E-state index in [4.69, 9.17) is 5.11 Å². The standard InChI is InChI=1S/C13H24N2O3/c1-3-8-15(9-11-4-5-11)13(18)14-7-6-10(2)12(16)17/h10-11H,3-9H2,1-2H3,(H,14,18)(H,16,17). The maximum Gasteiger partial charge on any atom is 0.317 e. The second-order valence-electron chi connectivity index (χ2n) is 5.15. The lowest BCUT2D eigenvalue weighted by Crippen LogP contribution is -2.42. The van der Waals surface area contributed by atoms with E-state index in [1.165, 1.54) is 12.8 Å². The number of hydrogen-bond donors (Lipinski definition) is 2. The van der Waals surface area contributed by atoms with Gasteiger partial charge < -0.3 is 15.3 Å². The molecule has 0 spiro atoms. The Kier molecular flexibility index (Phi) is 5.95. The Hall–Kier alpha value is -1.26. The third-order valence-corrected chi connectivity index (χ3v) is 3.23. The molecule has 2 amide bonds. The molecule has 1 aliphatic rings. The number of nitrogens with zero attached hydrogens (tertiary/aromatic N) is 1. The molecule has 0 radical (unpaired) electrons. The van der Waals surface area contributed by atoms with Crippen molar-refractivity contribution in [1.82, 2.24) is 10.2 Å². The summed E-state index contributed by atoms with van der Waals surface area (Å²) in [5.41, 5.74) is 0. The molecule has 1 aliphatic carbocycles. The maximum absolute atomic E-state index is 11.9. The summed E-state index contributed by atoms with van der Waals surface area (Å²) < 4.78 is 0. The smallest absolute Gasteiger partial charge is 0.317 e. The van der Waals surface area contributed by atoms with Gasteiger partial charge >= 0.3 is 12.0 Å². The lowest BCUT2D eigenvalue weighted by atomic mass is 10.1. The van der Waals surface area contributed by atoms with Crippen molar-refractivity contribution in [2.75, 3.05) is 19.6 Å². The summed E-state index contributed by atoms with van der Waals surface area (Å²) in [6.07, 6.45) is 3.88. The molecule has 1 rings (SSSR count). The van der Waals surface area contributed by atoms with E-state index >= 15 is 0 Å². The Morgan fingerprint density at radius 1 is 1.44 bits per heavy atom. The number of hydrogen-bond acceptors (Lipinski definition) is 2. The third-order valence-electron chi connectivity index (χ3n) is 3.23. The summed E-state index contributed by atoms with van der Waals surface area (Å²) in [4.78, 5) is 24.4. The van der Waals surface area contributed by atoms with Crippen LogP contribution in [0.25, 0.3) is 0 Å². The molecule has 18 heavy (non-hydrogen) atoms. The first-order valence-corrected chi connectivity index (χ1v) is 6.80. The molecule has 0 bridgehead atoms. The van der Waals surface area contributed by atoms with Crippen LogP contribution in [0.2, 0.25) is 0 Å². The number of rotatable bonds is 8. The van der Waals surface area contributed by atoms with Crippen molar-refractivity contribution in [1.29, 1.82) is 0 Å². The highest BCUT2D eigenvalue weighted by molar-refractivity contribution is 5.74. The van der Waals surface area contributed by atoms with Gasteiger partial charge in [0.15, 0.2) is 0 Å². The quantitative estimate of drug-likeness (QED) is 0.697. The zero-order valence-electron chi connectivity index (χ0n) is 11.3. The zero-order valence-corrected chi connectivity index (χ0v) is 11.3. The first kappa shape index (κ1) is 14.8. The summed E-state index contributed by atoms with van der Waals surface area (Å²) in [5, 5.41) is 11.6. The molecule has 5 heteroatoms. The van der Waals surface area contributed by atoms with Crippen LogP contribution in [0, 0.1) is 11.8 Å². The number of urea groups is 1. The van der Waals surface area contributed by atoms with Gasteiger partial charge in [0.25, 0.3) is 0 Å². The number of carbonyl (C=O) groups excluding carboxylic acids is 1. The Morgan fingerprint density at radius 2 is 2.11 bits per heavy atom. The molecule has 1 atom stereocenters. The van der Waals surface area contributed by atoms with E-state index in [0.717, 1.165) is 19.5 Å². The predicted molar refractivity (Wildman–Crippen MR) is 69.4 cm³/mol. The normalized spacial score (nSPS) is 16.1. The SMILES string of the molecule is CCCN(CC1CC1)C(=O)NCCC(C)C(=O)O. The van der Waals surface area contributed by atoms with Gasteiger partial charge in [0.2, 0.25) is 0 Å². The Balaban J connectivity index is 2.24. The topological polar surface area (TPSA) is 69.6 Å². The number of carbonyl (C=O) groups is 2. The van der Waals surface area contributed by atoms with Crippen LogP contribution in [0.5, 0.6) is 0 Å². The van der Waals surface area contributed by atoms with E-state index in [0.29, 0.717) is 18.9 Å². The Bertz CT molecular complexity index is 290. The highest BCUT2D eigenvalue weighted by atomic mass is 16.4. The number of nitrogens with one attached hydrogen (secondary N) is 1. The highest BCUT2D eigenvalue weighted by Crippen LogP contribution is 2.29. The van der Waals surface area contributed by atoms with Crippen LogP contribution in [-0.4, -0.2) is 41.6 Å². The summed E-state index contributed by atoms with van der Waals surface area (Å²) in [6.45, 7) is 5.75. The van der Waals surface area contributed by atoms with Crippen molar-refractivity contribution in [3.63, 3.8) is 0 Å². The minimum absolute atomic E-state index is 0.0543. The van der Waals surface area contributed by atoms with Crippen molar-refractivity contribution in [3.05, 3.63) is 0 Å². The van der Waals surface area contributed by atoms with Crippen LogP contribution in [-0.2, 0) is 4.79 Å². The van der Waals surface area contributed by atoms with Crippen LogP contribution >= 0.6 is 0 Å². The maximum atomic E-state index is 11.9. The van der Waals surface area contributed by atoms with Crippen molar-refractivity contribution in [2.24, 2.45) is 11.8 Å². The molecule has 1 unspecified atom stereocenters. The first-order valence-electron chi connectivity index (χ1n) is 6.80. The molecule has 5 nitrogen and oxygen atoms in total. The second kappa shape index (κ2) is 7.24. The molecule has 1 fully saturated rings. The van der Waals surface area contributed by atoms with Crippen molar-refractivity contribution < 1.29 is 14.7 Å². The van der Waals surface area contributed by atoms with Gasteiger partial charge in [-0.15, -0.1) is 0 Å². The number of carboxylic acid groups (broad SMARTS) is 1. The molecule has 0 aromatic rings. The number of amides is 2. The molecule has 2 N–H and O–H groups in total. The summed E-state index contributed by atoms with van der Waals surface area (Å²) in [7, 11) is 0. The van der Waals surface area contributed by atoms with Crippen LogP contribution in [0.15, 0.2) is 0 Å². The third kappa shape index (κ3) is 5.38. The molecular weight excluding hydrogens is 232 g/mol. The lowest BCUT2D eigenvalue weighted by molar-refractivity contribution is -0.141. The van der Waals surface area contributed by atoms with Gasteiger partial charge in [0.1, 0.15) is 0 Å². The minimum atomic E-state index is -0.812. The van der Waals surface area contributed by atoms with E-state index in [9.17, 15) is 9.59 Å². The molecule has 0 aromatic heterocycles. The predicted octanol–water partition coefficient (Wildman–Crippen LogP) is 1.93. The van der Waals surface area contributed by atoms with Crippen molar-refractivity contribution in [3.8, 4) is 0 Å². The van der Waals surface area contributed by atoms with Crippen LogP contribution < -0.4 is 5.32 Å². The second-order valence-corrected chi connectivity index (χ2v) is 5.15. The summed E-state index contributed by atoms with van der Waals surface area (Å²) in [5.74, 6) is -0.541. The van der Waals surface area contributed by atoms with E-state index in [1.807, 2.05) is 4.90 Å². The number of aliphatic carboxylic acids is 1. The molecule has 104 valence electrons. The Morgan fingerprint density at radius 3 is 2.61 bits per heavy atom. The van der Waals surface area contributed by atoms with Gasteiger partial charge in [-0.05, 0) is 31.6 Å². The fraction of sp³-hybridized carbons (Fsp3) is 0.846. The molecule has 0 aromatic carbocycles. The van der Waals surface area contributed by atoms with Gasteiger partial charge in [-0.3, -0.25) is 4.79 Å². The van der Waals surface area contributed by atoms with Gasteiger partial charge in [0.05, 0.1) is 5.92 Å². The van der Waals surface area contributed by atoms with Gasteiger partial charge in [0, 0.05) is 19.6 Å². The van der Waals surface area contributed by atoms with E-state index in [1.54, 1.807) is 6.92 Å². The average molecular weight is 256 g/mol. The van der Waals surface area contributed by atoms with Crippen molar-refractivity contribution in [2.45, 2.75) is 39.5 Å². The zero-order chi connectivity index (χ0) is 13.5. The van der Waals surface area contributed by atoms with Crippen LogP contribution in [0.4, 0.5) is 4.79 Å². The molecular formula is C13H24N2O3. The largest absolute Gasteiger partial charge is 0.481 e. The fourth-order valence-corrected chi connectivity index (χ4v) is 1.79. The molecule has 0 heterocycles. The van der Waals surface area contributed by atoms with Crippen LogP contribution in [0.3, 0.4) is 0 Å². The minimum Gasteiger partial charge on any atom is -0.481 e. The molecule has 0 aliphatic heterocycles. The van der Waals surface area contributed by atoms with Gasteiger partial charge in [-0.25, -0.2) is 4.79 Å². The summed E-state index contributed by atoms with van der Waals surface area (Å²) in [6, 6.07) is -0.0543. The van der Waals surface area contributed by atoms with E-state index in [2.05, 4.69) is 12.2 Å². The highest BCUT2D eigenvalue weighted by Gasteiger charge is 2.26. The van der Waals surface area contributed by atoms with E-state index < -0.39 is 11.9 Å². The Labute approximate surface area is 109 Å². The fourth-order valence-electron chi connectivity index (χ4n) is 1.79. The number of carboxylic acids is 1. The van der Waals surface area contributed by atoms with Crippen LogP contribution in [0.1, 0.15) is 39.5 Å². The van der Waals surface area contributed by atoms with Gasteiger partial charge in [-0.2, -0.15) is 0 Å². The van der Waals surface area contributed by atoms with E-state index in [-0.39, 0.29) is 6.03 Å². The summed E-state index contributed by atoms with van der Waals surface area (Å²) >= 11 is 0. The monoisotopic (exact) mass is 256 g/mol.